The highest BCUT2D eigenvalue weighted by atomic mass is 32.2. The zero-order valence-corrected chi connectivity index (χ0v) is 13.3. The molecule has 0 saturated carbocycles. The van der Waals surface area contributed by atoms with Gasteiger partial charge in [0.15, 0.2) is 5.82 Å². The summed E-state index contributed by atoms with van der Waals surface area (Å²) in [4.78, 5) is 15.8. The number of carbonyl (C=O) groups is 1. The Balaban J connectivity index is 1.62. The molecule has 2 atom stereocenters. The third-order valence-electron chi connectivity index (χ3n) is 3.89. The molecule has 2 heterocycles. The SMILES string of the molecule is CCC(Sc1ccccc1)C(=O)N1CCC(c2nn[nH]n2)C1. The number of nitrogens with zero attached hydrogens (tertiary/aromatic N) is 4. The lowest BCUT2D eigenvalue weighted by Crippen LogP contribution is -2.35. The number of carbonyl (C=O) groups excluding carboxylic acids is 1. The van der Waals surface area contributed by atoms with Crippen molar-refractivity contribution in [2.75, 3.05) is 13.1 Å². The maximum atomic E-state index is 12.7. The lowest BCUT2D eigenvalue weighted by Gasteiger charge is -2.22. The first-order chi connectivity index (χ1) is 10.8. The fourth-order valence-electron chi connectivity index (χ4n) is 2.69. The highest BCUT2D eigenvalue weighted by molar-refractivity contribution is 8.00. The first-order valence-corrected chi connectivity index (χ1v) is 8.39. The fourth-order valence-corrected chi connectivity index (χ4v) is 3.75. The second-order valence-electron chi connectivity index (χ2n) is 5.37. The van der Waals surface area contributed by atoms with Crippen molar-refractivity contribution in [2.24, 2.45) is 0 Å². The van der Waals surface area contributed by atoms with E-state index in [2.05, 4.69) is 27.5 Å². The van der Waals surface area contributed by atoms with Crippen LogP contribution in [-0.4, -0.2) is 49.8 Å². The Labute approximate surface area is 133 Å². The molecular formula is C15H19N5OS. The van der Waals surface area contributed by atoms with Crippen LogP contribution in [0, 0.1) is 0 Å². The van der Waals surface area contributed by atoms with Gasteiger partial charge in [0.25, 0.3) is 0 Å². The standard InChI is InChI=1S/C15H19N5OS/c1-2-13(22-12-6-4-3-5-7-12)15(21)20-9-8-11(10-20)14-16-18-19-17-14/h3-7,11,13H,2,8-10H2,1H3,(H,16,17,18,19). The molecule has 1 aromatic heterocycles. The van der Waals surface area contributed by atoms with E-state index in [1.807, 2.05) is 35.2 Å². The van der Waals surface area contributed by atoms with Gasteiger partial charge in [0.05, 0.1) is 5.25 Å². The molecule has 1 N–H and O–H groups in total. The van der Waals surface area contributed by atoms with Gasteiger partial charge in [-0.25, -0.2) is 0 Å². The van der Waals surface area contributed by atoms with E-state index >= 15 is 0 Å². The molecule has 22 heavy (non-hydrogen) atoms. The van der Waals surface area contributed by atoms with Crippen molar-refractivity contribution >= 4 is 17.7 Å². The van der Waals surface area contributed by atoms with E-state index < -0.39 is 0 Å². The van der Waals surface area contributed by atoms with Crippen LogP contribution in [0.15, 0.2) is 35.2 Å². The van der Waals surface area contributed by atoms with Crippen LogP contribution in [0.1, 0.15) is 31.5 Å². The molecule has 1 fully saturated rings. The predicted molar refractivity (Wildman–Crippen MR) is 84.5 cm³/mol. The minimum atomic E-state index is -0.0357. The van der Waals surface area contributed by atoms with Crippen LogP contribution in [0.5, 0.6) is 0 Å². The highest BCUT2D eigenvalue weighted by Gasteiger charge is 2.33. The first kappa shape index (κ1) is 15.0. The van der Waals surface area contributed by atoms with Crippen molar-refractivity contribution in [3.8, 4) is 0 Å². The number of hydrogen-bond acceptors (Lipinski definition) is 5. The van der Waals surface area contributed by atoms with Crippen molar-refractivity contribution in [3.05, 3.63) is 36.2 Å². The van der Waals surface area contributed by atoms with Gasteiger partial charge in [0.1, 0.15) is 0 Å². The molecule has 0 aliphatic carbocycles. The minimum absolute atomic E-state index is 0.0357. The van der Waals surface area contributed by atoms with Crippen LogP contribution < -0.4 is 0 Å². The van der Waals surface area contributed by atoms with Gasteiger partial charge in [-0.15, -0.1) is 22.0 Å². The lowest BCUT2D eigenvalue weighted by atomic mass is 10.1. The monoisotopic (exact) mass is 317 g/mol. The van der Waals surface area contributed by atoms with Gasteiger partial charge in [-0.1, -0.05) is 30.3 Å². The molecule has 1 aromatic carbocycles. The number of H-pyrrole nitrogens is 1. The molecule has 116 valence electrons. The third kappa shape index (κ3) is 3.30. The normalized spacial score (nSPS) is 19.3. The molecule has 0 bridgehead atoms. The average Bonchev–Trinajstić information content (AvgIpc) is 3.23. The second kappa shape index (κ2) is 6.91. The molecule has 1 saturated heterocycles. The number of tetrazole rings is 1. The molecule has 7 heteroatoms. The molecule has 2 unspecified atom stereocenters. The number of likely N-dealkylation sites (tertiary alicyclic amines) is 1. The highest BCUT2D eigenvalue weighted by Crippen LogP contribution is 2.30. The van der Waals surface area contributed by atoms with Crippen LogP contribution >= 0.6 is 11.8 Å². The topological polar surface area (TPSA) is 74.8 Å². The Morgan fingerprint density at radius 2 is 2.27 bits per heavy atom. The van der Waals surface area contributed by atoms with Gasteiger partial charge < -0.3 is 4.90 Å². The van der Waals surface area contributed by atoms with Crippen LogP contribution in [-0.2, 0) is 4.79 Å². The van der Waals surface area contributed by atoms with Crippen LogP contribution in [0.25, 0.3) is 0 Å². The van der Waals surface area contributed by atoms with Crippen LogP contribution in [0.2, 0.25) is 0 Å². The van der Waals surface area contributed by atoms with Gasteiger partial charge in [-0.2, -0.15) is 5.21 Å². The molecule has 6 nitrogen and oxygen atoms in total. The van der Waals surface area contributed by atoms with Crippen molar-refractivity contribution in [2.45, 2.75) is 35.8 Å². The lowest BCUT2D eigenvalue weighted by molar-refractivity contribution is -0.129. The third-order valence-corrected chi connectivity index (χ3v) is 5.26. The van der Waals surface area contributed by atoms with Gasteiger partial charge in [-0.05, 0) is 25.0 Å². The summed E-state index contributed by atoms with van der Waals surface area (Å²) in [6.07, 6.45) is 1.72. The Morgan fingerprint density at radius 3 is 2.95 bits per heavy atom. The van der Waals surface area contributed by atoms with E-state index in [4.69, 9.17) is 0 Å². The van der Waals surface area contributed by atoms with Gasteiger partial charge in [0, 0.05) is 23.9 Å². The zero-order chi connectivity index (χ0) is 15.4. The van der Waals surface area contributed by atoms with Crippen molar-refractivity contribution in [3.63, 3.8) is 0 Å². The number of rotatable bonds is 5. The number of aromatic amines is 1. The van der Waals surface area contributed by atoms with Crippen molar-refractivity contribution < 1.29 is 4.79 Å². The summed E-state index contributed by atoms with van der Waals surface area (Å²) in [6.45, 7) is 3.51. The summed E-state index contributed by atoms with van der Waals surface area (Å²) in [5, 5.41) is 14.1. The predicted octanol–water partition coefficient (Wildman–Crippen LogP) is 2.09. The number of nitrogens with one attached hydrogen (secondary N) is 1. The number of amides is 1. The second-order valence-corrected chi connectivity index (χ2v) is 6.64. The van der Waals surface area contributed by atoms with E-state index in [1.165, 1.54) is 0 Å². The molecule has 0 spiro atoms. The van der Waals surface area contributed by atoms with Crippen molar-refractivity contribution in [1.29, 1.82) is 0 Å². The van der Waals surface area contributed by atoms with E-state index in [1.54, 1.807) is 11.8 Å². The largest absolute Gasteiger partial charge is 0.341 e. The van der Waals surface area contributed by atoms with Gasteiger partial charge in [0.2, 0.25) is 5.91 Å². The smallest absolute Gasteiger partial charge is 0.236 e. The van der Waals surface area contributed by atoms with Crippen LogP contribution in [0.4, 0.5) is 0 Å². The van der Waals surface area contributed by atoms with E-state index in [0.29, 0.717) is 12.4 Å². The maximum Gasteiger partial charge on any atom is 0.236 e. The van der Waals surface area contributed by atoms with E-state index in [9.17, 15) is 4.79 Å². The summed E-state index contributed by atoms with van der Waals surface area (Å²) in [5.41, 5.74) is 0. The average molecular weight is 317 g/mol. The summed E-state index contributed by atoms with van der Waals surface area (Å²) >= 11 is 1.64. The molecule has 1 amide bonds. The molecule has 1 aliphatic rings. The van der Waals surface area contributed by atoms with E-state index in [-0.39, 0.29) is 17.1 Å². The molecule has 0 radical (unpaired) electrons. The van der Waals surface area contributed by atoms with E-state index in [0.717, 1.165) is 24.3 Å². The summed E-state index contributed by atoms with van der Waals surface area (Å²) in [7, 11) is 0. The first-order valence-electron chi connectivity index (χ1n) is 7.51. The maximum absolute atomic E-state index is 12.7. The summed E-state index contributed by atoms with van der Waals surface area (Å²) < 4.78 is 0. The Kier molecular flexibility index (Phi) is 4.72. The molecule has 2 aromatic rings. The molecule has 3 rings (SSSR count). The fraction of sp³-hybridized carbons (Fsp3) is 0.467. The molecular weight excluding hydrogens is 298 g/mol. The van der Waals surface area contributed by atoms with Gasteiger partial charge >= 0.3 is 0 Å². The Hall–Kier alpha value is -1.89. The Bertz CT molecular complexity index is 604. The molecule has 1 aliphatic heterocycles. The summed E-state index contributed by atoms with van der Waals surface area (Å²) in [6, 6.07) is 10.1. The summed E-state index contributed by atoms with van der Waals surface area (Å²) in [5.74, 6) is 1.11. The number of thioether (sulfide) groups is 1. The van der Waals surface area contributed by atoms with Crippen molar-refractivity contribution in [1.82, 2.24) is 25.5 Å². The zero-order valence-electron chi connectivity index (χ0n) is 12.5. The number of benzene rings is 1. The number of hydrogen-bond donors (Lipinski definition) is 1. The van der Waals surface area contributed by atoms with Gasteiger partial charge in [-0.3, -0.25) is 4.79 Å². The van der Waals surface area contributed by atoms with Crippen LogP contribution in [0.3, 0.4) is 0 Å². The quantitative estimate of drug-likeness (QED) is 0.855. The Morgan fingerprint density at radius 1 is 1.45 bits per heavy atom. The number of aromatic nitrogens is 4. The minimum Gasteiger partial charge on any atom is -0.341 e.